The molecule has 0 fully saturated rings. The molecule has 0 aliphatic rings. The van der Waals surface area contributed by atoms with Crippen molar-refractivity contribution >= 4 is 23.3 Å². The quantitative estimate of drug-likeness (QED) is 0.686. The number of thiocarbonyl (C=S) groups is 1. The van der Waals surface area contributed by atoms with E-state index in [-0.39, 0.29) is 11.9 Å². The third-order valence-electron chi connectivity index (χ3n) is 3.70. The average Bonchev–Trinajstić information content (AvgIpc) is 3.04. The van der Waals surface area contributed by atoms with E-state index in [4.69, 9.17) is 12.2 Å². The van der Waals surface area contributed by atoms with E-state index in [1.807, 2.05) is 37.3 Å². The van der Waals surface area contributed by atoms with Crippen molar-refractivity contribution in [1.82, 2.24) is 20.1 Å². The predicted molar refractivity (Wildman–Crippen MR) is 99.7 cm³/mol. The van der Waals surface area contributed by atoms with Gasteiger partial charge in [-0.25, -0.2) is 14.1 Å². The summed E-state index contributed by atoms with van der Waals surface area (Å²) in [7, 11) is 0. The number of halogens is 1. The first-order chi connectivity index (χ1) is 12.1. The molecule has 1 atom stereocenters. The van der Waals surface area contributed by atoms with Gasteiger partial charge in [-0.2, -0.15) is 0 Å². The minimum atomic E-state index is -0.263. The summed E-state index contributed by atoms with van der Waals surface area (Å²) in [6.07, 6.45) is 1.54. The largest absolute Gasteiger partial charge is 0.356 e. The summed E-state index contributed by atoms with van der Waals surface area (Å²) in [5, 5.41) is 10.8. The molecule has 25 heavy (non-hydrogen) atoms. The van der Waals surface area contributed by atoms with Crippen LogP contribution >= 0.6 is 12.2 Å². The molecule has 2 N–H and O–H groups in total. The Kier molecular flexibility index (Phi) is 5.35. The van der Waals surface area contributed by atoms with Gasteiger partial charge in [-0.3, -0.25) is 5.32 Å². The third kappa shape index (κ3) is 4.60. The minimum absolute atomic E-state index is 0.0571. The molecule has 0 aliphatic heterocycles. The van der Waals surface area contributed by atoms with Crippen LogP contribution in [0, 0.1) is 5.82 Å². The second-order valence-electron chi connectivity index (χ2n) is 5.59. The van der Waals surface area contributed by atoms with E-state index in [0.29, 0.717) is 23.2 Å². The molecule has 0 aliphatic carbocycles. The molecule has 0 saturated carbocycles. The molecule has 1 unspecified atom stereocenters. The van der Waals surface area contributed by atoms with Gasteiger partial charge in [0.15, 0.2) is 5.11 Å². The Balaban J connectivity index is 1.58. The summed E-state index contributed by atoms with van der Waals surface area (Å²) < 4.78 is 15.2. The summed E-state index contributed by atoms with van der Waals surface area (Å²) in [4.78, 5) is 4.15. The van der Waals surface area contributed by atoms with Crippen LogP contribution in [0.25, 0.3) is 0 Å². The van der Waals surface area contributed by atoms with Gasteiger partial charge >= 0.3 is 0 Å². The van der Waals surface area contributed by atoms with Gasteiger partial charge in [-0.05, 0) is 30.8 Å². The fourth-order valence-corrected chi connectivity index (χ4v) is 2.66. The molecule has 128 valence electrons. The van der Waals surface area contributed by atoms with Gasteiger partial charge in [-0.1, -0.05) is 48.5 Å². The van der Waals surface area contributed by atoms with Gasteiger partial charge in [0.05, 0.1) is 12.6 Å². The van der Waals surface area contributed by atoms with Crippen LogP contribution in [0.2, 0.25) is 0 Å². The average molecular weight is 355 g/mol. The molecule has 0 spiro atoms. The van der Waals surface area contributed by atoms with Crippen LogP contribution in [0.15, 0.2) is 60.9 Å². The van der Waals surface area contributed by atoms with E-state index in [0.717, 1.165) is 5.56 Å². The van der Waals surface area contributed by atoms with E-state index in [1.165, 1.54) is 12.4 Å². The fraction of sp³-hybridized carbons (Fsp3) is 0.167. The van der Waals surface area contributed by atoms with Crippen molar-refractivity contribution in [2.45, 2.75) is 19.5 Å². The summed E-state index contributed by atoms with van der Waals surface area (Å²) in [5.41, 5.74) is 1.68. The number of hydrogen-bond donors (Lipinski definition) is 2. The maximum atomic E-state index is 13.7. The predicted octanol–water partition coefficient (Wildman–Crippen LogP) is 3.51. The lowest BCUT2D eigenvalue weighted by molar-refractivity contribution is 0.585. The standard InChI is InChI=1S/C18H18FN5S/c1-13(14-7-3-2-4-8-14)21-18(25)22-17-20-12-24(23-17)11-15-9-5-6-10-16(15)19/h2-10,12-13H,11H2,1H3,(H2,21,22,23,25). The van der Waals surface area contributed by atoms with Gasteiger partial charge in [0.25, 0.3) is 0 Å². The van der Waals surface area contributed by atoms with Crippen molar-refractivity contribution in [3.05, 3.63) is 77.9 Å². The van der Waals surface area contributed by atoms with Crippen LogP contribution in [0.1, 0.15) is 24.1 Å². The van der Waals surface area contributed by atoms with E-state index in [1.54, 1.807) is 22.9 Å². The number of rotatable bonds is 5. The molecule has 7 heteroatoms. The second kappa shape index (κ2) is 7.85. The summed E-state index contributed by atoms with van der Waals surface area (Å²) in [5.74, 6) is 0.107. The minimum Gasteiger partial charge on any atom is -0.356 e. The Morgan fingerprint density at radius 1 is 1.16 bits per heavy atom. The highest BCUT2D eigenvalue weighted by atomic mass is 32.1. The van der Waals surface area contributed by atoms with Crippen molar-refractivity contribution in [2.24, 2.45) is 0 Å². The zero-order valence-corrected chi connectivity index (χ0v) is 14.5. The van der Waals surface area contributed by atoms with Crippen LogP contribution in [0.3, 0.4) is 0 Å². The van der Waals surface area contributed by atoms with Gasteiger partial charge in [0.2, 0.25) is 5.95 Å². The molecule has 0 radical (unpaired) electrons. The zero-order chi connectivity index (χ0) is 17.6. The second-order valence-corrected chi connectivity index (χ2v) is 6.00. The Morgan fingerprint density at radius 2 is 1.88 bits per heavy atom. The Bertz CT molecular complexity index is 849. The number of aromatic nitrogens is 3. The number of nitrogens with one attached hydrogen (secondary N) is 2. The SMILES string of the molecule is CC(NC(=S)Nc1ncn(Cc2ccccc2F)n1)c1ccccc1. The molecule has 1 heterocycles. The van der Waals surface area contributed by atoms with Crippen molar-refractivity contribution in [3.8, 4) is 0 Å². The molecule has 2 aromatic carbocycles. The monoisotopic (exact) mass is 355 g/mol. The van der Waals surface area contributed by atoms with E-state index in [9.17, 15) is 4.39 Å². The van der Waals surface area contributed by atoms with E-state index < -0.39 is 0 Å². The molecular weight excluding hydrogens is 337 g/mol. The molecule has 3 aromatic rings. The number of benzene rings is 2. The lowest BCUT2D eigenvalue weighted by Crippen LogP contribution is -2.31. The Morgan fingerprint density at radius 3 is 2.64 bits per heavy atom. The molecule has 0 amide bonds. The van der Waals surface area contributed by atoms with Crippen LogP contribution in [-0.4, -0.2) is 19.9 Å². The zero-order valence-electron chi connectivity index (χ0n) is 13.7. The molecule has 0 saturated heterocycles. The van der Waals surface area contributed by atoms with Crippen LogP contribution in [0.4, 0.5) is 10.3 Å². The maximum Gasteiger partial charge on any atom is 0.248 e. The maximum absolute atomic E-state index is 13.7. The fourth-order valence-electron chi connectivity index (χ4n) is 2.39. The highest BCUT2D eigenvalue weighted by Crippen LogP contribution is 2.12. The van der Waals surface area contributed by atoms with Gasteiger partial charge < -0.3 is 5.32 Å². The van der Waals surface area contributed by atoms with Crippen LogP contribution in [-0.2, 0) is 6.54 Å². The molecular formula is C18H18FN5S. The van der Waals surface area contributed by atoms with Crippen LogP contribution in [0.5, 0.6) is 0 Å². The van der Waals surface area contributed by atoms with Gasteiger partial charge in [0.1, 0.15) is 12.1 Å². The first kappa shape index (κ1) is 17.0. The van der Waals surface area contributed by atoms with E-state index in [2.05, 4.69) is 20.7 Å². The van der Waals surface area contributed by atoms with Crippen molar-refractivity contribution in [2.75, 3.05) is 5.32 Å². The summed E-state index contributed by atoms with van der Waals surface area (Å²) in [6, 6.07) is 16.6. The van der Waals surface area contributed by atoms with Crippen molar-refractivity contribution < 1.29 is 4.39 Å². The smallest absolute Gasteiger partial charge is 0.248 e. The number of anilines is 1. The van der Waals surface area contributed by atoms with E-state index >= 15 is 0 Å². The first-order valence-electron chi connectivity index (χ1n) is 7.87. The molecule has 3 rings (SSSR count). The summed E-state index contributed by atoms with van der Waals surface area (Å²) >= 11 is 5.30. The Hall–Kier alpha value is -2.80. The normalized spacial score (nSPS) is 11.8. The molecule has 1 aromatic heterocycles. The lowest BCUT2D eigenvalue weighted by atomic mass is 10.1. The molecule has 5 nitrogen and oxygen atoms in total. The Labute approximate surface area is 150 Å². The van der Waals surface area contributed by atoms with Crippen molar-refractivity contribution in [3.63, 3.8) is 0 Å². The topological polar surface area (TPSA) is 54.8 Å². The highest BCUT2D eigenvalue weighted by molar-refractivity contribution is 7.80. The van der Waals surface area contributed by atoms with Gasteiger partial charge in [0, 0.05) is 5.56 Å². The third-order valence-corrected chi connectivity index (χ3v) is 3.92. The van der Waals surface area contributed by atoms with Gasteiger partial charge in [-0.15, -0.1) is 5.10 Å². The number of nitrogens with zero attached hydrogens (tertiary/aromatic N) is 3. The number of hydrogen-bond acceptors (Lipinski definition) is 3. The highest BCUT2D eigenvalue weighted by Gasteiger charge is 2.09. The first-order valence-corrected chi connectivity index (χ1v) is 8.28. The summed E-state index contributed by atoms with van der Waals surface area (Å²) in [6.45, 7) is 2.33. The molecule has 0 bridgehead atoms. The van der Waals surface area contributed by atoms with Crippen LogP contribution < -0.4 is 10.6 Å². The van der Waals surface area contributed by atoms with Crippen molar-refractivity contribution in [1.29, 1.82) is 0 Å². The lowest BCUT2D eigenvalue weighted by Gasteiger charge is -2.16.